The van der Waals surface area contributed by atoms with Crippen LogP contribution in [0.4, 0.5) is 0 Å². The molecule has 0 aromatic carbocycles. The predicted octanol–water partition coefficient (Wildman–Crippen LogP) is -0.749. The summed E-state index contributed by atoms with van der Waals surface area (Å²) in [5, 5.41) is 0. The minimum absolute atomic E-state index is 0.556. The van der Waals surface area contributed by atoms with Crippen LogP contribution in [0.2, 0.25) is 0 Å². The molecule has 5 N–H and O–H groups in total. The van der Waals surface area contributed by atoms with Crippen LogP contribution >= 0.6 is 23.2 Å². The lowest BCUT2D eigenvalue weighted by Crippen LogP contribution is -2.25. The highest BCUT2D eigenvalue weighted by Gasteiger charge is 2.30. The van der Waals surface area contributed by atoms with Crippen LogP contribution in [-0.2, 0) is 13.7 Å². The molecule has 1 unspecified atom stereocenters. The molecule has 15 heavy (non-hydrogen) atoms. The van der Waals surface area contributed by atoms with Crippen molar-refractivity contribution in [1.29, 1.82) is 0 Å². The maximum atomic E-state index is 10.5. The quantitative estimate of drug-likeness (QED) is 0.395. The molecule has 0 aromatic heterocycles. The third kappa shape index (κ3) is 10.6. The zero-order valence-corrected chi connectivity index (χ0v) is 10.1. The summed E-state index contributed by atoms with van der Waals surface area (Å²) in [5.41, 5.74) is 0. The summed E-state index contributed by atoms with van der Waals surface area (Å²) in [4.78, 5) is 43.2. The minimum Gasteiger partial charge on any atom is -0.324 e. The normalized spacial score (nSPS) is 14.4. The van der Waals surface area contributed by atoms with Gasteiger partial charge in [0.2, 0.25) is 6.29 Å². The van der Waals surface area contributed by atoms with Gasteiger partial charge in [0, 0.05) is 0 Å². The Bertz CT molecular complexity index is 293. The van der Waals surface area contributed by atoms with E-state index in [9.17, 15) is 13.7 Å². The van der Waals surface area contributed by atoms with E-state index in [1.54, 1.807) is 0 Å². The van der Waals surface area contributed by atoms with Gasteiger partial charge in [0.15, 0.2) is 0 Å². The molecule has 0 aliphatic rings. The van der Waals surface area contributed by atoms with E-state index >= 15 is 0 Å². The van der Waals surface area contributed by atoms with E-state index in [4.69, 9.17) is 24.5 Å². The van der Waals surface area contributed by atoms with E-state index in [-0.39, 0.29) is 0 Å². The molecule has 0 radical (unpaired) electrons. The van der Waals surface area contributed by atoms with E-state index in [2.05, 4.69) is 0 Å². The van der Waals surface area contributed by atoms with Crippen molar-refractivity contribution in [1.82, 2.24) is 4.90 Å². The zero-order chi connectivity index (χ0) is 12.3. The van der Waals surface area contributed by atoms with Gasteiger partial charge in [-0.05, 0) is 4.57 Å². The lowest BCUT2D eigenvalue weighted by atomic mass is 11.0. The standard InChI is InChI=1S/C3H10NO8P3/c5-13(6)1-4(2-14(7,8)9)3-15(10,11)12/h1-3H2,(H4-,5,6,7,8,9,10,11,12)/p+1. The van der Waals surface area contributed by atoms with Gasteiger partial charge < -0.3 is 19.6 Å². The zero-order valence-electron chi connectivity index (χ0n) is 7.37. The number of nitrogens with zero attached hydrogens (tertiary/aromatic N) is 1. The molecule has 0 aliphatic carbocycles. The Morgan fingerprint density at radius 2 is 1.33 bits per heavy atom. The molecule has 0 rings (SSSR count). The highest BCUT2D eigenvalue weighted by atomic mass is 31.2. The molecule has 0 saturated carbocycles. The average Bonchev–Trinajstić information content (AvgIpc) is 1.73. The van der Waals surface area contributed by atoms with E-state index < -0.39 is 42.1 Å². The lowest BCUT2D eigenvalue weighted by Gasteiger charge is -2.17. The van der Waals surface area contributed by atoms with E-state index in [1.807, 2.05) is 0 Å². The van der Waals surface area contributed by atoms with Crippen molar-refractivity contribution >= 4 is 23.2 Å². The maximum absolute atomic E-state index is 10.5. The molecule has 90 valence electrons. The SMILES string of the molecule is O=[P+](O)CN(CP(=O)(O)O)CP(=O)(O)O. The molecule has 0 aliphatic heterocycles. The Hall–Kier alpha value is 0.320. The summed E-state index contributed by atoms with van der Waals surface area (Å²) in [7, 11) is -11.8. The molecule has 0 spiro atoms. The van der Waals surface area contributed by atoms with Crippen LogP contribution in [-0.4, -0.2) is 48.2 Å². The Labute approximate surface area is 85.9 Å². The highest BCUT2D eigenvalue weighted by Crippen LogP contribution is 2.41. The highest BCUT2D eigenvalue weighted by molar-refractivity contribution is 7.52. The van der Waals surface area contributed by atoms with Crippen LogP contribution in [0, 0.1) is 0 Å². The van der Waals surface area contributed by atoms with Crippen LogP contribution in [0.3, 0.4) is 0 Å². The van der Waals surface area contributed by atoms with Gasteiger partial charge in [0.05, 0.1) is 0 Å². The van der Waals surface area contributed by atoms with Gasteiger partial charge in [-0.3, -0.25) is 9.13 Å². The fourth-order valence-corrected chi connectivity index (χ4v) is 3.28. The summed E-state index contributed by atoms with van der Waals surface area (Å²) in [6.07, 6.45) is -2.65. The van der Waals surface area contributed by atoms with Crippen molar-refractivity contribution in [3.8, 4) is 0 Å². The van der Waals surface area contributed by atoms with Gasteiger partial charge in [0.25, 0.3) is 0 Å². The van der Waals surface area contributed by atoms with Crippen molar-refractivity contribution in [3.63, 3.8) is 0 Å². The fraction of sp³-hybridized carbons (Fsp3) is 1.00. The summed E-state index contributed by atoms with van der Waals surface area (Å²) in [5.74, 6) is 0. The molecule has 12 heteroatoms. The van der Waals surface area contributed by atoms with Gasteiger partial charge in [0.1, 0.15) is 12.6 Å². The number of rotatable bonds is 6. The van der Waals surface area contributed by atoms with Gasteiger partial charge >= 0.3 is 23.2 Å². The van der Waals surface area contributed by atoms with Crippen molar-refractivity contribution in [2.75, 3.05) is 18.9 Å². The van der Waals surface area contributed by atoms with E-state index in [0.29, 0.717) is 4.90 Å². The fourth-order valence-electron chi connectivity index (χ4n) is 0.826. The predicted molar refractivity (Wildman–Crippen MR) is 50.4 cm³/mol. The van der Waals surface area contributed by atoms with E-state index in [0.717, 1.165) is 0 Å². The summed E-state index contributed by atoms with van der Waals surface area (Å²) < 4.78 is 31.4. The number of hydrogen-bond acceptors (Lipinski definition) is 4. The Balaban J connectivity index is 4.53. The molecule has 0 amide bonds. The molecular weight excluding hydrogens is 271 g/mol. The molecule has 0 aromatic rings. The Morgan fingerprint density at radius 3 is 1.53 bits per heavy atom. The van der Waals surface area contributed by atoms with Crippen LogP contribution in [0.5, 0.6) is 0 Å². The maximum Gasteiger partial charge on any atom is 0.521 e. The van der Waals surface area contributed by atoms with Crippen molar-refractivity contribution in [3.05, 3.63) is 0 Å². The summed E-state index contributed by atoms with van der Waals surface area (Å²) >= 11 is 0. The molecular formula is C3H11NO8P3+. The van der Waals surface area contributed by atoms with E-state index in [1.165, 1.54) is 0 Å². The van der Waals surface area contributed by atoms with Crippen LogP contribution < -0.4 is 0 Å². The molecule has 0 heterocycles. The summed E-state index contributed by atoms with van der Waals surface area (Å²) in [6.45, 7) is 0. The Kier molecular flexibility index (Phi) is 5.71. The third-order valence-electron chi connectivity index (χ3n) is 1.09. The van der Waals surface area contributed by atoms with Crippen LogP contribution in [0.15, 0.2) is 0 Å². The Morgan fingerprint density at radius 1 is 1.00 bits per heavy atom. The average molecular weight is 282 g/mol. The second-order valence-electron chi connectivity index (χ2n) is 2.78. The van der Waals surface area contributed by atoms with Crippen LogP contribution in [0.25, 0.3) is 0 Å². The molecule has 9 nitrogen and oxygen atoms in total. The lowest BCUT2D eigenvalue weighted by molar-refractivity contribution is 0.295. The smallest absolute Gasteiger partial charge is 0.324 e. The molecule has 0 fully saturated rings. The summed E-state index contributed by atoms with van der Waals surface area (Å²) in [6, 6.07) is 0. The van der Waals surface area contributed by atoms with Gasteiger partial charge in [-0.1, -0.05) is 0 Å². The van der Waals surface area contributed by atoms with Crippen molar-refractivity contribution < 1.29 is 38.2 Å². The monoisotopic (exact) mass is 282 g/mol. The second kappa shape index (κ2) is 5.59. The molecule has 0 saturated heterocycles. The first-order valence-electron chi connectivity index (χ1n) is 3.45. The van der Waals surface area contributed by atoms with Gasteiger partial charge in [-0.25, -0.2) is 4.90 Å². The molecule has 0 bridgehead atoms. The number of hydrogen-bond donors (Lipinski definition) is 5. The van der Waals surface area contributed by atoms with Gasteiger partial charge in [-0.2, -0.15) is 4.89 Å². The second-order valence-corrected chi connectivity index (χ2v) is 6.99. The topological polar surface area (TPSA) is 156 Å². The first-order chi connectivity index (χ1) is 6.49. The molecule has 1 atom stereocenters. The third-order valence-corrected chi connectivity index (χ3v) is 3.27. The first kappa shape index (κ1) is 15.3. The first-order valence-corrected chi connectivity index (χ1v) is 8.44. The minimum atomic E-state index is -4.52. The largest absolute Gasteiger partial charge is 0.521 e. The van der Waals surface area contributed by atoms with Crippen molar-refractivity contribution in [2.24, 2.45) is 0 Å². The van der Waals surface area contributed by atoms with Gasteiger partial charge in [-0.15, -0.1) is 0 Å². The van der Waals surface area contributed by atoms with Crippen molar-refractivity contribution in [2.45, 2.75) is 0 Å². The van der Waals surface area contributed by atoms with Crippen LogP contribution in [0.1, 0.15) is 0 Å².